The molecule has 0 aliphatic carbocycles. The van der Waals surface area contributed by atoms with Crippen molar-refractivity contribution in [3.63, 3.8) is 0 Å². The molecule has 4 nitrogen and oxygen atoms in total. The van der Waals surface area contributed by atoms with E-state index in [-0.39, 0.29) is 6.04 Å². The molecule has 4 heteroatoms. The lowest BCUT2D eigenvalue weighted by molar-refractivity contribution is 0.208. The average molecular weight is 249 g/mol. The Kier molecular flexibility index (Phi) is 6.87. The molecule has 0 saturated heterocycles. The van der Waals surface area contributed by atoms with E-state index in [4.69, 9.17) is 4.74 Å². The van der Waals surface area contributed by atoms with Gasteiger partial charge in [-0.25, -0.2) is 0 Å². The van der Waals surface area contributed by atoms with E-state index >= 15 is 0 Å². The Morgan fingerprint density at radius 1 is 1.33 bits per heavy atom. The molecule has 0 aliphatic rings. The molecule has 1 unspecified atom stereocenters. The fourth-order valence-corrected chi connectivity index (χ4v) is 1.60. The van der Waals surface area contributed by atoms with Gasteiger partial charge in [0, 0.05) is 13.7 Å². The highest BCUT2D eigenvalue weighted by molar-refractivity contribution is 5.80. The molecule has 0 spiro atoms. The highest BCUT2D eigenvalue weighted by Crippen LogP contribution is 2.10. The number of benzene rings is 1. The van der Waals surface area contributed by atoms with Crippen molar-refractivity contribution in [2.75, 3.05) is 26.8 Å². The maximum absolute atomic E-state index is 5.00. The number of hydrogen-bond acceptors (Lipinski definition) is 2. The van der Waals surface area contributed by atoms with Crippen molar-refractivity contribution in [2.24, 2.45) is 4.99 Å². The lowest BCUT2D eigenvalue weighted by Gasteiger charge is -2.18. The molecule has 0 amide bonds. The van der Waals surface area contributed by atoms with E-state index in [9.17, 15) is 0 Å². The second kappa shape index (κ2) is 8.53. The Bertz CT molecular complexity index is 351. The first-order valence-electron chi connectivity index (χ1n) is 6.36. The monoisotopic (exact) mass is 249 g/mol. The summed E-state index contributed by atoms with van der Waals surface area (Å²) in [7, 11) is 1.68. The number of aliphatic imine (C=N–C) groups is 1. The van der Waals surface area contributed by atoms with Crippen molar-refractivity contribution in [1.29, 1.82) is 0 Å². The third kappa shape index (κ3) is 5.19. The van der Waals surface area contributed by atoms with Crippen LogP contribution in [0.2, 0.25) is 0 Å². The molecule has 1 aromatic rings. The second-order valence-electron chi connectivity index (χ2n) is 4.03. The van der Waals surface area contributed by atoms with Gasteiger partial charge in [0.2, 0.25) is 0 Å². The topological polar surface area (TPSA) is 45.7 Å². The summed E-state index contributed by atoms with van der Waals surface area (Å²) >= 11 is 0. The van der Waals surface area contributed by atoms with Gasteiger partial charge in [0.05, 0.1) is 19.2 Å². The van der Waals surface area contributed by atoms with E-state index in [1.54, 1.807) is 7.11 Å². The van der Waals surface area contributed by atoms with E-state index in [1.807, 2.05) is 18.2 Å². The van der Waals surface area contributed by atoms with Crippen LogP contribution in [0.25, 0.3) is 0 Å². The average Bonchev–Trinajstić information content (AvgIpc) is 2.40. The fourth-order valence-electron chi connectivity index (χ4n) is 1.60. The van der Waals surface area contributed by atoms with E-state index < -0.39 is 0 Å². The number of methoxy groups -OCH3 is 1. The Hall–Kier alpha value is -1.55. The number of ether oxygens (including phenoxy) is 1. The van der Waals surface area contributed by atoms with E-state index in [0.717, 1.165) is 12.5 Å². The van der Waals surface area contributed by atoms with Gasteiger partial charge < -0.3 is 15.4 Å². The summed E-state index contributed by atoms with van der Waals surface area (Å²) in [5.41, 5.74) is 1.25. The smallest absolute Gasteiger partial charge is 0.191 e. The predicted octanol–water partition coefficient (Wildman–Crippen LogP) is 1.95. The summed E-state index contributed by atoms with van der Waals surface area (Å²) < 4.78 is 5.00. The van der Waals surface area contributed by atoms with E-state index in [0.29, 0.717) is 13.2 Å². The summed E-state index contributed by atoms with van der Waals surface area (Å²) in [6.07, 6.45) is 0. The number of nitrogens with one attached hydrogen (secondary N) is 2. The van der Waals surface area contributed by atoms with Gasteiger partial charge >= 0.3 is 0 Å². The fraction of sp³-hybridized carbons (Fsp3) is 0.500. The van der Waals surface area contributed by atoms with Crippen LogP contribution >= 0.6 is 0 Å². The van der Waals surface area contributed by atoms with Crippen LogP contribution in [-0.2, 0) is 4.74 Å². The Morgan fingerprint density at radius 2 is 2.06 bits per heavy atom. The van der Waals surface area contributed by atoms with Crippen molar-refractivity contribution in [1.82, 2.24) is 10.6 Å². The second-order valence-corrected chi connectivity index (χ2v) is 4.03. The third-order valence-corrected chi connectivity index (χ3v) is 2.56. The van der Waals surface area contributed by atoms with Crippen molar-refractivity contribution in [3.8, 4) is 0 Å². The van der Waals surface area contributed by atoms with Crippen molar-refractivity contribution in [2.45, 2.75) is 19.9 Å². The molecule has 18 heavy (non-hydrogen) atoms. The molecule has 0 aliphatic heterocycles. The van der Waals surface area contributed by atoms with Crippen LogP contribution in [0.1, 0.15) is 25.5 Å². The summed E-state index contributed by atoms with van der Waals surface area (Å²) in [4.78, 5) is 4.44. The predicted molar refractivity (Wildman–Crippen MR) is 75.8 cm³/mol. The molecule has 1 atom stereocenters. The zero-order chi connectivity index (χ0) is 13.2. The Balaban J connectivity index is 2.57. The van der Waals surface area contributed by atoms with Crippen LogP contribution in [0.3, 0.4) is 0 Å². The first-order valence-corrected chi connectivity index (χ1v) is 6.36. The van der Waals surface area contributed by atoms with Gasteiger partial charge in [-0.05, 0) is 19.4 Å². The SMILES string of the molecule is CCNC(=NCCOC)NC(C)c1ccccc1. The molecule has 0 saturated carbocycles. The highest BCUT2D eigenvalue weighted by Gasteiger charge is 2.06. The van der Waals surface area contributed by atoms with Gasteiger partial charge in [-0.2, -0.15) is 0 Å². The Morgan fingerprint density at radius 3 is 2.67 bits per heavy atom. The van der Waals surface area contributed by atoms with Crippen molar-refractivity contribution in [3.05, 3.63) is 35.9 Å². The van der Waals surface area contributed by atoms with Gasteiger partial charge in [0.1, 0.15) is 0 Å². The molecule has 0 radical (unpaired) electrons. The number of rotatable bonds is 6. The van der Waals surface area contributed by atoms with Crippen LogP contribution in [-0.4, -0.2) is 32.8 Å². The molecule has 0 aromatic heterocycles. The van der Waals surface area contributed by atoms with Crippen LogP contribution in [0.5, 0.6) is 0 Å². The van der Waals surface area contributed by atoms with Crippen LogP contribution < -0.4 is 10.6 Å². The largest absolute Gasteiger partial charge is 0.383 e. The maximum atomic E-state index is 5.00. The van der Waals surface area contributed by atoms with Gasteiger partial charge in [0.25, 0.3) is 0 Å². The van der Waals surface area contributed by atoms with Gasteiger partial charge in [0.15, 0.2) is 5.96 Å². The van der Waals surface area contributed by atoms with Crippen molar-refractivity contribution < 1.29 is 4.74 Å². The van der Waals surface area contributed by atoms with Crippen LogP contribution in [0, 0.1) is 0 Å². The number of guanidine groups is 1. The molecule has 100 valence electrons. The van der Waals surface area contributed by atoms with Crippen LogP contribution in [0.4, 0.5) is 0 Å². The summed E-state index contributed by atoms with van der Waals surface area (Å²) in [6.45, 7) is 6.32. The number of nitrogens with zero attached hydrogens (tertiary/aromatic N) is 1. The maximum Gasteiger partial charge on any atom is 0.191 e. The summed E-state index contributed by atoms with van der Waals surface area (Å²) in [5, 5.41) is 6.60. The van der Waals surface area contributed by atoms with Gasteiger partial charge in [-0.3, -0.25) is 4.99 Å². The lowest BCUT2D eigenvalue weighted by atomic mass is 10.1. The van der Waals surface area contributed by atoms with Crippen LogP contribution in [0.15, 0.2) is 35.3 Å². The van der Waals surface area contributed by atoms with Gasteiger partial charge in [-0.1, -0.05) is 30.3 Å². The molecular formula is C14H23N3O. The zero-order valence-corrected chi connectivity index (χ0v) is 11.4. The van der Waals surface area contributed by atoms with Crippen molar-refractivity contribution >= 4 is 5.96 Å². The van der Waals surface area contributed by atoms with Gasteiger partial charge in [-0.15, -0.1) is 0 Å². The first-order chi connectivity index (χ1) is 8.77. The first kappa shape index (κ1) is 14.5. The molecule has 1 aromatic carbocycles. The normalized spacial score (nSPS) is 13.2. The van der Waals surface area contributed by atoms with E-state index in [1.165, 1.54) is 5.56 Å². The molecule has 1 rings (SSSR count). The third-order valence-electron chi connectivity index (χ3n) is 2.56. The quantitative estimate of drug-likeness (QED) is 0.460. The highest BCUT2D eigenvalue weighted by atomic mass is 16.5. The Labute approximate surface area is 109 Å². The minimum atomic E-state index is 0.228. The standard InChI is InChI=1S/C14H23N3O/c1-4-15-14(16-10-11-18-3)17-12(2)13-8-6-5-7-9-13/h5-9,12H,4,10-11H2,1-3H3,(H2,15,16,17). The number of hydrogen-bond donors (Lipinski definition) is 2. The molecule has 0 fully saturated rings. The molecule has 0 heterocycles. The minimum absolute atomic E-state index is 0.228. The molecular weight excluding hydrogens is 226 g/mol. The molecule has 2 N–H and O–H groups in total. The molecule has 0 bridgehead atoms. The summed E-state index contributed by atoms with van der Waals surface area (Å²) in [6, 6.07) is 10.6. The summed E-state index contributed by atoms with van der Waals surface area (Å²) in [5.74, 6) is 0.825. The van der Waals surface area contributed by atoms with E-state index in [2.05, 4.69) is 41.6 Å². The zero-order valence-electron chi connectivity index (χ0n) is 11.4. The minimum Gasteiger partial charge on any atom is -0.383 e. The lowest BCUT2D eigenvalue weighted by Crippen LogP contribution is -2.39.